The molecule has 78 valence electrons. The van der Waals surface area contributed by atoms with Crippen LogP contribution in [0.2, 0.25) is 0 Å². The molecule has 0 bridgehead atoms. The molecule has 2 N–H and O–H groups in total. The summed E-state index contributed by atoms with van der Waals surface area (Å²) in [5, 5.41) is 0. The summed E-state index contributed by atoms with van der Waals surface area (Å²) in [6, 6.07) is 0. The number of primary amides is 1. The van der Waals surface area contributed by atoms with E-state index in [0.717, 1.165) is 19.3 Å². The maximum absolute atomic E-state index is 10.7. The van der Waals surface area contributed by atoms with Gasteiger partial charge in [-0.3, -0.25) is 4.79 Å². The molecule has 0 heterocycles. The van der Waals surface area contributed by atoms with E-state index in [2.05, 4.69) is 27.7 Å². The molecule has 0 saturated heterocycles. The molecule has 0 saturated carbocycles. The van der Waals surface area contributed by atoms with Crippen molar-refractivity contribution in [3.8, 4) is 0 Å². The van der Waals surface area contributed by atoms with Crippen LogP contribution in [-0.4, -0.2) is 5.91 Å². The lowest BCUT2D eigenvalue weighted by atomic mass is 9.70. The Labute approximate surface area is 81.9 Å². The van der Waals surface area contributed by atoms with Gasteiger partial charge < -0.3 is 5.73 Å². The minimum Gasteiger partial charge on any atom is -0.370 e. The van der Waals surface area contributed by atoms with Crippen LogP contribution >= 0.6 is 0 Å². The Kier molecular flexibility index (Phi) is 5.04. The summed E-state index contributed by atoms with van der Waals surface area (Å²) in [5.74, 6) is 0.453. The lowest BCUT2D eigenvalue weighted by molar-refractivity contribution is -0.118. The SMILES string of the molecule is CCC(CC)(CCC(N)=O)C(C)C. The van der Waals surface area contributed by atoms with Crippen LogP contribution in [0.5, 0.6) is 0 Å². The quantitative estimate of drug-likeness (QED) is 0.679. The molecule has 0 aliphatic rings. The predicted molar refractivity (Wildman–Crippen MR) is 56.3 cm³/mol. The summed E-state index contributed by atoms with van der Waals surface area (Å²) in [7, 11) is 0. The van der Waals surface area contributed by atoms with Gasteiger partial charge in [0.2, 0.25) is 5.91 Å². The van der Waals surface area contributed by atoms with Crippen LogP contribution in [0.25, 0.3) is 0 Å². The second kappa shape index (κ2) is 5.25. The number of hydrogen-bond donors (Lipinski definition) is 1. The molecule has 2 heteroatoms. The number of amides is 1. The Bertz CT molecular complexity index is 159. The molecule has 0 aromatic rings. The van der Waals surface area contributed by atoms with E-state index in [4.69, 9.17) is 5.73 Å². The number of rotatable bonds is 6. The first-order valence-electron chi connectivity index (χ1n) is 5.26. The minimum absolute atomic E-state index is 0.174. The van der Waals surface area contributed by atoms with Crippen molar-refractivity contribution in [2.45, 2.75) is 53.4 Å². The van der Waals surface area contributed by atoms with Gasteiger partial charge in [-0.1, -0.05) is 40.5 Å². The van der Waals surface area contributed by atoms with E-state index in [-0.39, 0.29) is 5.91 Å². The van der Waals surface area contributed by atoms with Crippen LogP contribution in [0.15, 0.2) is 0 Å². The summed E-state index contributed by atoms with van der Waals surface area (Å²) >= 11 is 0. The highest BCUT2D eigenvalue weighted by atomic mass is 16.1. The van der Waals surface area contributed by atoms with E-state index in [1.54, 1.807) is 0 Å². The van der Waals surface area contributed by atoms with Crippen LogP contribution in [0.1, 0.15) is 53.4 Å². The first-order chi connectivity index (χ1) is 5.98. The van der Waals surface area contributed by atoms with Gasteiger partial charge in [-0.05, 0) is 17.8 Å². The van der Waals surface area contributed by atoms with Crippen LogP contribution in [0, 0.1) is 11.3 Å². The second-order valence-corrected chi connectivity index (χ2v) is 4.19. The highest BCUT2D eigenvalue weighted by Crippen LogP contribution is 2.39. The zero-order valence-corrected chi connectivity index (χ0v) is 9.39. The molecule has 1 amide bonds. The average Bonchev–Trinajstić information content (AvgIpc) is 2.06. The highest BCUT2D eigenvalue weighted by molar-refractivity contribution is 5.73. The van der Waals surface area contributed by atoms with Gasteiger partial charge in [-0.2, -0.15) is 0 Å². The zero-order chi connectivity index (χ0) is 10.5. The normalized spacial score (nSPS) is 12.1. The van der Waals surface area contributed by atoms with E-state index in [1.807, 2.05) is 0 Å². The van der Waals surface area contributed by atoms with E-state index in [9.17, 15) is 4.79 Å². The molecule has 0 fully saturated rings. The third kappa shape index (κ3) is 3.37. The van der Waals surface area contributed by atoms with Crippen molar-refractivity contribution < 1.29 is 4.79 Å². The molecule has 0 unspecified atom stereocenters. The molecule has 2 nitrogen and oxygen atoms in total. The average molecular weight is 185 g/mol. The van der Waals surface area contributed by atoms with Crippen LogP contribution in [-0.2, 0) is 4.79 Å². The number of carbonyl (C=O) groups is 1. The fourth-order valence-electron chi connectivity index (χ4n) is 2.08. The summed E-state index contributed by atoms with van der Waals surface area (Å²) in [6.07, 6.45) is 3.73. The molecule has 0 rings (SSSR count). The van der Waals surface area contributed by atoms with Crippen LogP contribution < -0.4 is 5.73 Å². The number of carbonyl (C=O) groups excluding carboxylic acids is 1. The molecule has 13 heavy (non-hydrogen) atoms. The largest absolute Gasteiger partial charge is 0.370 e. The Balaban J connectivity index is 4.30. The minimum atomic E-state index is -0.174. The van der Waals surface area contributed by atoms with Crippen molar-refractivity contribution >= 4 is 5.91 Å². The van der Waals surface area contributed by atoms with Crippen molar-refractivity contribution in [3.05, 3.63) is 0 Å². The summed E-state index contributed by atoms with van der Waals surface area (Å²) in [4.78, 5) is 10.7. The first-order valence-corrected chi connectivity index (χ1v) is 5.26. The van der Waals surface area contributed by atoms with E-state index < -0.39 is 0 Å². The Morgan fingerprint density at radius 1 is 1.31 bits per heavy atom. The molecule has 0 radical (unpaired) electrons. The maximum Gasteiger partial charge on any atom is 0.217 e. The lowest BCUT2D eigenvalue weighted by Gasteiger charge is -2.35. The van der Waals surface area contributed by atoms with Crippen molar-refractivity contribution in [2.24, 2.45) is 17.1 Å². The number of nitrogens with two attached hydrogens (primary N) is 1. The molecular formula is C11H23NO. The topological polar surface area (TPSA) is 43.1 Å². The zero-order valence-electron chi connectivity index (χ0n) is 9.39. The molecule has 0 aliphatic carbocycles. The van der Waals surface area contributed by atoms with Gasteiger partial charge in [0.25, 0.3) is 0 Å². The summed E-state index contributed by atoms with van der Waals surface area (Å²) in [5.41, 5.74) is 5.48. The molecule has 0 aromatic carbocycles. The molecule has 0 atom stereocenters. The standard InChI is InChI=1S/C11H23NO/c1-5-11(6-2,9(3)4)8-7-10(12)13/h9H,5-8H2,1-4H3,(H2,12,13). The summed E-state index contributed by atoms with van der Waals surface area (Å²) in [6.45, 7) is 8.86. The fraction of sp³-hybridized carbons (Fsp3) is 0.909. The van der Waals surface area contributed by atoms with E-state index in [1.165, 1.54) is 0 Å². The van der Waals surface area contributed by atoms with Crippen molar-refractivity contribution in [1.82, 2.24) is 0 Å². The smallest absolute Gasteiger partial charge is 0.217 e. The van der Waals surface area contributed by atoms with Gasteiger partial charge in [0.05, 0.1) is 0 Å². The van der Waals surface area contributed by atoms with Gasteiger partial charge in [0, 0.05) is 6.42 Å². The van der Waals surface area contributed by atoms with E-state index >= 15 is 0 Å². The van der Waals surface area contributed by atoms with Crippen LogP contribution in [0.4, 0.5) is 0 Å². The van der Waals surface area contributed by atoms with Gasteiger partial charge in [0.15, 0.2) is 0 Å². The van der Waals surface area contributed by atoms with Gasteiger partial charge >= 0.3 is 0 Å². The Morgan fingerprint density at radius 2 is 1.77 bits per heavy atom. The molecule has 0 spiro atoms. The second-order valence-electron chi connectivity index (χ2n) is 4.19. The van der Waals surface area contributed by atoms with Crippen molar-refractivity contribution in [2.75, 3.05) is 0 Å². The van der Waals surface area contributed by atoms with Crippen molar-refractivity contribution in [1.29, 1.82) is 0 Å². The third-order valence-corrected chi connectivity index (χ3v) is 3.50. The van der Waals surface area contributed by atoms with E-state index in [0.29, 0.717) is 17.8 Å². The van der Waals surface area contributed by atoms with Gasteiger partial charge in [-0.25, -0.2) is 0 Å². The Morgan fingerprint density at radius 3 is 2.00 bits per heavy atom. The van der Waals surface area contributed by atoms with Gasteiger partial charge in [-0.15, -0.1) is 0 Å². The van der Waals surface area contributed by atoms with Crippen molar-refractivity contribution in [3.63, 3.8) is 0 Å². The predicted octanol–water partition coefficient (Wildman–Crippen LogP) is 2.71. The lowest BCUT2D eigenvalue weighted by Crippen LogP contribution is -2.27. The Hall–Kier alpha value is -0.530. The molecular weight excluding hydrogens is 162 g/mol. The fourth-order valence-corrected chi connectivity index (χ4v) is 2.08. The first kappa shape index (κ1) is 12.5. The molecule has 0 aliphatic heterocycles. The molecule has 0 aromatic heterocycles. The number of hydrogen-bond acceptors (Lipinski definition) is 1. The van der Waals surface area contributed by atoms with Gasteiger partial charge in [0.1, 0.15) is 0 Å². The maximum atomic E-state index is 10.7. The third-order valence-electron chi connectivity index (χ3n) is 3.50. The monoisotopic (exact) mass is 185 g/mol. The van der Waals surface area contributed by atoms with Crippen LogP contribution in [0.3, 0.4) is 0 Å². The summed E-state index contributed by atoms with van der Waals surface area (Å²) < 4.78 is 0. The highest BCUT2D eigenvalue weighted by Gasteiger charge is 2.29.